The molecule has 0 aromatic heterocycles. The molecule has 4 atom stereocenters. The number of carbonyl (C=O) groups is 4. The zero-order valence-corrected chi connectivity index (χ0v) is 27.0. The zero-order chi connectivity index (χ0) is 33.7. The highest BCUT2D eigenvalue weighted by molar-refractivity contribution is 5.87. The van der Waals surface area contributed by atoms with E-state index in [0.29, 0.717) is 25.7 Å². The number of nitrogens with one attached hydrogen (secondary N) is 2. The van der Waals surface area contributed by atoms with Crippen molar-refractivity contribution in [2.75, 3.05) is 20.8 Å². The van der Waals surface area contributed by atoms with Gasteiger partial charge in [-0.25, -0.2) is 19.2 Å². The molecule has 0 aliphatic heterocycles. The summed E-state index contributed by atoms with van der Waals surface area (Å²) in [6, 6.07) is 16.2. The molecule has 4 unspecified atom stereocenters. The number of alkyl carbamates (subject to hydrolysis) is 2. The number of carbonyl (C=O) groups excluding carboxylic acids is 4. The van der Waals surface area contributed by atoms with Gasteiger partial charge in [-0.05, 0) is 68.7 Å². The minimum absolute atomic E-state index is 0.0543. The number of hydrogen-bond acceptors (Lipinski definition) is 10. The maximum absolute atomic E-state index is 12.5. The number of aliphatic hydroxyl groups excluding tert-OH is 2. The second kappa shape index (κ2) is 14.1. The van der Waals surface area contributed by atoms with Gasteiger partial charge in [0.1, 0.15) is 23.3 Å². The van der Waals surface area contributed by atoms with Gasteiger partial charge in [-0.1, -0.05) is 48.5 Å². The van der Waals surface area contributed by atoms with E-state index >= 15 is 0 Å². The van der Waals surface area contributed by atoms with Crippen molar-refractivity contribution in [1.82, 2.24) is 10.6 Å². The molecule has 3 aliphatic carbocycles. The Morgan fingerprint density at radius 2 is 1.20 bits per heavy atom. The first kappa shape index (κ1) is 34.7. The van der Waals surface area contributed by atoms with Crippen molar-refractivity contribution in [3.05, 3.63) is 59.7 Å². The van der Waals surface area contributed by atoms with Crippen LogP contribution in [0.1, 0.15) is 76.3 Å². The predicted molar refractivity (Wildman–Crippen MR) is 167 cm³/mol. The first-order valence-electron chi connectivity index (χ1n) is 15.4. The summed E-state index contributed by atoms with van der Waals surface area (Å²) in [6.07, 6.45) is -0.784. The van der Waals surface area contributed by atoms with Crippen LogP contribution in [0.3, 0.4) is 0 Å². The number of hydrogen-bond donors (Lipinski definition) is 4. The third-order valence-electron chi connectivity index (χ3n) is 8.55. The smallest absolute Gasteiger partial charge is 0.408 e. The molecule has 0 saturated heterocycles. The fourth-order valence-corrected chi connectivity index (χ4v) is 6.46. The lowest BCUT2D eigenvalue weighted by molar-refractivity contribution is -0.149. The molecule has 2 fully saturated rings. The number of esters is 2. The minimum atomic E-state index is -1.23. The molecule has 2 saturated carbocycles. The Balaban J connectivity index is 0.000000232. The van der Waals surface area contributed by atoms with Crippen molar-refractivity contribution in [2.45, 2.75) is 94.1 Å². The van der Waals surface area contributed by atoms with Crippen LogP contribution in [0, 0.1) is 0 Å². The average Bonchev–Trinajstić information content (AvgIpc) is 3.68. The van der Waals surface area contributed by atoms with E-state index in [0.717, 1.165) is 22.3 Å². The normalized spacial score (nSPS) is 24.8. The van der Waals surface area contributed by atoms with Gasteiger partial charge < -0.3 is 39.8 Å². The van der Waals surface area contributed by atoms with Gasteiger partial charge in [0.05, 0.1) is 26.4 Å². The van der Waals surface area contributed by atoms with Crippen LogP contribution in [-0.4, -0.2) is 84.1 Å². The van der Waals surface area contributed by atoms with Crippen LogP contribution in [0.4, 0.5) is 9.59 Å². The molecule has 46 heavy (non-hydrogen) atoms. The number of methoxy groups -OCH3 is 2. The van der Waals surface area contributed by atoms with Gasteiger partial charge >= 0.3 is 24.1 Å². The van der Waals surface area contributed by atoms with Crippen LogP contribution in [-0.2, 0) is 28.5 Å². The van der Waals surface area contributed by atoms with Crippen LogP contribution in [0.25, 0.3) is 11.1 Å². The van der Waals surface area contributed by atoms with E-state index in [2.05, 4.69) is 22.8 Å². The molecule has 0 spiro atoms. The first-order valence-corrected chi connectivity index (χ1v) is 15.4. The molecule has 3 aliphatic rings. The van der Waals surface area contributed by atoms with Crippen LogP contribution in [0.15, 0.2) is 48.5 Å². The van der Waals surface area contributed by atoms with E-state index in [1.165, 1.54) is 14.2 Å². The third kappa shape index (κ3) is 7.79. The SMILES string of the molecule is COC(=O)C1(NC(=O)OC(C)(C)C)CCC(O)C1.COC(=O)C1(NC(=O)OCC2c3ccccc3-c3ccccc32)CCC(O)C1. The van der Waals surface area contributed by atoms with E-state index < -0.39 is 53.0 Å². The van der Waals surface area contributed by atoms with E-state index in [1.807, 2.05) is 36.4 Å². The van der Waals surface area contributed by atoms with Gasteiger partial charge in [0.25, 0.3) is 0 Å². The summed E-state index contributed by atoms with van der Waals surface area (Å²) < 4.78 is 20.2. The van der Waals surface area contributed by atoms with E-state index in [9.17, 15) is 29.4 Å². The maximum Gasteiger partial charge on any atom is 0.408 e. The topological polar surface area (TPSA) is 170 Å². The molecule has 5 rings (SSSR count). The number of rotatable bonds is 6. The standard InChI is InChI=1S/C22H23NO5.C12H21NO5/c1-27-20(25)22(11-10-14(24)12-22)23-21(26)28-13-19-17-8-4-2-6-15(17)16-7-3-5-9-18(16)19;1-11(2,3)18-10(16)13-12(9(15)17-4)6-5-8(14)7-12/h2-9,14,19,24H,10-13H2,1H3,(H,23,26);8,14H,5-7H2,1-4H3,(H,13,16). The highest BCUT2D eigenvalue weighted by atomic mass is 16.6. The van der Waals surface area contributed by atoms with Crippen molar-refractivity contribution in [3.8, 4) is 11.1 Å². The second-order valence-electron chi connectivity index (χ2n) is 13.0. The Bertz CT molecular complexity index is 1390. The molecule has 12 nitrogen and oxygen atoms in total. The Kier molecular flexibility index (Phi) is 10.6. The molecule has 0 radical (unpaired) electrons. The van der Waals surface area contributed by atoms with E-state index in [-0.39, 0.29) is 25.4 Å². The molecule has 250 valence electrons. The number of fused-ring (bicyclic) bond motifs is 3. The minimum Gasteiger partial charge on any atom is -0.467 e. The molecular formula is C34H44N2O10. The van der Waals surface area contributed by atoms with Crippen molar-refractivity contribution in [2.24, 2.45) is 0 Å². The summed E-state index contributed by atoms with van der Waals surface area (Å²) in [5.41, 5.74) is 1.51. The molecule has 2 aromatic carbocycles. The summed E-state index contributed by atoms with van der Waals surface area (Å²) in [5, 5.41) is 24.6. The molecular weight excluding hydrogens is 596 g/mol. The van der Waals surface area contributed by atoms with Gasteiger partial charge in [0, 0.05) is 18.8 Å². The molecule has 0 bridgehead atoms. The maximum atomic E-state index is 12.5. The Hall–Kier alpha value is -4.16. The highest BCUT2D eigenvalue weighted by Gasteiger charge is 2.49. The average molecular weight is 641 g/mol. The number of benzene rings is 2. The largest absolute Gasteiger partial charge is 0.467 e. The van der Waals surface area contributed by atoms with Gasteiger partial charge in [-0.3, -0.25) is 0 Å². The lowest BCUT2D eigenvalue weighted by atomic mass is 9.97. The van der Waals surface area contributed by atoms with Crippen molar-refractivity contribution in [3.63, 3.8) is 0 Å². The highest BCUT2D eigenvalue weighted by Crippen LogP contribution is 2.44. The molecule has 0 heterocycles. The van der Waals surface area contributed by atoms with Gasteiger partial charge in [0.2, 0.25) is 0 Å². The first-order chi connectivity index (χ1) is 21.7. The Morgan fingerprint density at radius 1 is 0.761 bits per heavy atom. The third-order valence-corrected chi connectivity index (χ3v) is 8.55. The van der Waals surface area contributed by atoms with Crippen LogP contribution in [0.2, 0.25) is 0 Å². The number of ether oxygens (including phenoxy) is 4. The zero-order valence-electron chi connectivity index (χ0n) is 27.0. The van der Waals surface area contributed by atoms with Crippen molar-refractivity contribution < 1.29 is 48.3 Å². The number of amides is 2. The van der Waals surface area contributed by atoms with Crippen LogP contribution in [0.5, 0.6) is 0 Å². The van der Waals surface area contributed by atoms with Crippen LogP contribution >= 0.6 is 0 Å². The summed E-state index contributed by atoms with van der Waals surface area (Å²) in [4.78, 5) is 48.2. The summed E-state index contributed by atoms with van der Waals surface area (Å²) in [5.74, 6) is -1.16. The van der Waals surface area contributed by atoms with Crippen molar-refractivity contribution in [1.29, 1.82) is 0 Å². The molecule has 12 heteroatoms. The molecule has 2 aromatic rings. The summed E-state index contributed by atoms with van der Waals surface area (Å²) >= 11 is 0. The monoisotopic (exact) mass is 640 g/mol. The predicted octanol–water partition coefficient (Wildman–Crippen LogP) is 3.95. The second-order valence-corrected chi connectivity index (χ2v) is 13.0. The number of aliphatic hydroxyl groups is 2. The van der Waals surface area contributed by atoms with Gasteiger partial charge in [0.15, 0.2) is 0 Å². The van der Waals surface area contributed by atoms with Gasteiger partial charge in [-0.2, -0.15) is 0 Å². The fraction of sp³-hybridized carbons (Fsp3) is 0.529. The Morgan fingerprint density at radius 3 is 1.59 bits per heavy atom. The lowest BCUT2D eigenvalue weighted by Gasteiger charge is -2.29. The molecule has 2 amide bonds. The lowest BCUT2D eigenvalue weighted by Crippen LogP contribution is -2.54. The summed E-state index contributed by atoms with van der Waals surface area (Å²) in [6.45, 7) is 5.38. The molecule has 4 N–H and O–H groups in total. The van der Waals surface area contributed by atoms with Gasteiger partial charge in [-0.15, -0.1) is 0 Å². The Labute approximate surface area is 268 Å². The van der Waals surface area contributed by atoms with Crippen LogP contribution < -0.4 is 10.6 Å². The van der Waals surface area contributed by atoms with E-state index in [1.54, 1.807) is 20.8 Å². The quantitative estimate of drug-likeness (QED) is 0.268. The fourth-order valence-electron chi connectivity index (χ4n) is 6.46. The van der Waals surface area contributed by atoms with E-state index in [4.69, 9.17) is 18.9 Å². The van der Waals surface area contributed by atoms with Crippen molar-refractivity contribution >= 4 is 24.1 Å². The summed E-state index contributed by atoms with van der Waals surface area (Å²) in [7, 11) is 2.53.